The van der Waals surface area contributed by atoms with Crippen molar-refractivity contribution in [2.75, 3.05) is 19.2 Å². The summed E-state index contributed by atoms with van der Waals surface area (Å²) in [6, 6.07) is 5.77. The fourth-order valence-electron chi connectivity index (χ4n) is 1.05. The molecule has 4 heteroatoms. The van der Waals surface area contributed by atoms with E-state index in [1.54, 1.807) is 0 Å². The third-order valence-corrected chi connectivity index (χ3v) is 1.66. The number of anilines is 1. The minimum atomic E-state index is 0.336. The zero-order chi connectivity index (χ0) is 9.68. The topological polar surface area (TPSA) is 47.6 Å². The Morgan fingerprint density at radius 1 is 1.31 bits per heavy atom. The van der Waals surface area contributed by atoms with Crippen molar-refractivity contribution in [1.82, 2.24) is 0 Å². The Kier molecular flexibility index (Phi) is 3.14. The average Bonchev–Trinajstić information content (AvgIpc) is 2.67. The van der Waals surface area contributed by atoms with E-state index < -0.39 is 0 Å². The minimum Gasteiger partial charge on any atom is -0.454 e. The molecule has 0 radical (unpaired) electrons. The molecule has 4 nitrogen and oxygen atoms in total. The second kappa shape index (κ2) is 4.35. The first-order valence-corrected chi connectivity index (χ1v) is 3.76. The van der Waals surface area contributed by atoms with Gasteiger partial charge in [-0.05, 0) is 12.1 Å². The van der Waals surface area contributed by atoms with Gasteiger partial charge in [-0.1, -0.05) is 0 Å². The molecule has 0 saturated heterocycles. The lowest BCUT2D eigenvalue weighted by Crippen LogP contribution is -1.93. The molecule has 13 heavy (non-hydrogen) atoms. The summed E-state index contributed by atoms with van der Waals surface area (Å²) >= 11 is 0. The van der Waals surface area contributed by atoms with Crippen LogP contribution in [0.15, 0.2) is 18.2 Å². The summed E-state index contributed by atoms with van der Waals surface area (Å²) in [7, 11) is 1.87. The monoisotopic (exact) mass is 181 g/mol. The van der Waals surface area contributed by atoms with Crippen LogP contribution >= 0.6 is 0 Å². The maximum Gasteiger partial charge on any atom is 0.231 e. The van der Waals surface area contributed by atoms with Crippen LogP contribution in [0.5, 0.6) is 11.5 Å². The van der Waals surface area contributed by atoms with Crippen LogP contribution in [0.3, 0.4) is 0 Å². The molecule has 1 N–H and O–H groups in total. The third kappa shape index (κ3) is 1.90. The minimum absolute atomic E-state index is 0.336. The summed E-state index contributed by atoms with van der Waals surface area (Å²) in [6.07, 6.45) is 0. The Morgan fingerprint density at radius 3 is 2.69 bits per heavy atom. The van der Waals surface area contributed by atoms with Crippen molar-refractivity contribution < 1.29 is 14.3 Å². The normalized spacial score (nSPS) is 11.5. The Hall–Kier alpha value is -1.71. The van der Waals surface area contributed by atoms with Crippen molar-refractivity contribution in [1.29, 1.82) is 0 Å². The molecule has 0 bridgehead atoms. The summed E-state index contributed by atoms with van der Waals surface area (Å²) in [5, 5.41) is 3.02. The predicted molar refractivity (Wildman–Crippen MR) is 49.2 cm³/mol. The van der Waals surface area contributed by atoms with E-state index in [-0.39, 0.29) is 0 Å². The van der Waals surface area contributed by atoms with Crippen LogP contribution in [0, 0.1) is 0 Å². The van der Waals surface area contributed by atoms with Crippen LogP contribution in [0.4, 0.5) is 5.69 Å². The summed E-state index contributed by atoms with van der Waals surface area (Å²) < 4.78 is 10.3. The van der Waals surface area contributed by atoms with Crippen LogP contribution in [0.2, 0.25) is 0 Å². The van der Waals surface area contributed by atoms with E-state index >= 15 is 0 Å². The van der Waals surface area contributed by atoms with Crippen molar-refractivity contribution >= 4 is 12.5 Å². The van der Waals surface area contributed by atoms with E-state index in [1.165, 1.54) is 0 Å². The van der Waals surface area contributed by atoms with E-state index in [0.717, 1.165) is 17.2 Å². The molecular formula is C9H11NO3. The Morgan fingerprint density at radius 2 is 2.00 bits per heavy atom. The summed E-state index contributed by atoms with van der Waals surface area (Å²) in [5.74, 6) is 1.64. The highest BCUT2D eigenvalue weighted by Gasteiger charge is 2.12. The van der Waals surface area contributed by atoms with Crippen molar-refractivity contribution in [3.05, 3.63) is 18.2 Å². The largest absolute Gasteiger partial charge is 0.454 e. The highest BCUT2D eigenvalue weighted by molar-refractivity contribution is 5.55. The highest BCUT2D eigenvalue weighted by atomic mass is 16.7. The molecule has 70 valence electrons. The number of carbonyl (C=O) groups excluding carboxylic acids is 1. The van der Waals surface area contributed by atoms with Gasteiger partial charge in [0.2, 0.25) is 6.79 Å². The Labute approximate surface area is 76.5 Å². The van der Waals surface area contributed by atoms with E-state index in [1.807, 2.05) is 32.0 Å². The molecule has 1 heterocycles. The SMILES string of the molecule is C=O.CNc1ccc2c(c1)OCO2. The summed E-state index contributed by atoms with van der Waals surface area (Å²) in [5.41, 5.74) is 1.04. The van der Waals surface area contributed by atoms with Crippen LogP contribution in [-0.4, -0.2) is 20.6 Å². The van der Waals surface area contributed by atoms with Crippen LogP contribution in [-0.2, 0) is 4.79 Å². The molecule has 2 rings (SSSR count). The first kappa shape index (κ1) is 9.38. The van der Waals surface area contributed by atoms with Gasteiger partial charge in [-0.3, -0.25) is 0 Å². The molecule has 0 amide bonds. The first-order valence-electron chi connectivity index (χ1n) is 3.76. The van der Waals surface area contributed by atoms with Crippen molar-refractivity contribution in [3.8, 4) is 11.5 Å². The molecule has 1 aromatic carbocycles. The van der Waals surface area contributed by atoms with Crippen molar-refractivity contribution in [2.24, 2.45) is 0 Å². The van der Waals surface area contributed by atoms with Gasteiger partial charge in [0, 0.05) is 18.8 Å². The van der Waals surface area contributed by atoms with Gasteiger partial charge in [-0.15, -0.1) is 0 Å². The lowest BCUT2D eigenvalue weighted by Gasteiger charge is -2.00. The van der Waals surface area contributed by atoms with Gasteiger partial charge in [0.05, 0.1) is 0 Å². The molecule has 0 aromatic heterocycles. The molecule has 1 aromatic rings. The van der Waals surface area contributed by atoms with Gasteiger partial charge in [0.15, 0.2) is 11.5 Å². The van der Waals surface area contributed by atoms with Gasteiger partial charge in [0.1, 0.15) is 6.79 Å². The number of benzene rings is 1. The molecule has 1 aliphatic heterocycles. The third-order valence-electron chi connectivity index (χ3n) is 1.66. The standard InChI is InChI=1S/C8H9NO2.CH2O/c1-9-6-2-3-7-8(4-6)11-5-10-7;1-2/h2-4,9H,5H2,1H3;1H2. The molecule has 0 saturated carbocycles. The number of carbonyl (C=O) groups is 1. The highest BCUT2D eigenvalue weighted by Crippen LogP contribution is 2.33. The van der Waals surface area contributed by atoms with Crippen molar-refractivity contribution in [2.45, 2.75) is 0 Å². The summed E-state index contributed by atoms with van der Waals surface area (Å²) in [6.45, 7) is 2.34. The van der Waals surface area contributed by atoms with Crippen molar-refractivity contribution in [3.63, 3.8) is 0 Å². The summed E-state index contributed by atoms with van der Waals surface area (Å²) in [4.78, 5) is 8.00. The molecule has 1 aliphatic rings. The fourth-order valence-corrected chi connectivity index (χ4v) is 1.05. The van der Waals surface area contributed by atoms with E-state index in [2.05, 4.69) is 5.32 Å². The number of nitrogens with one attached hydrogen (secondary N) is 1. The maximum atomic E-state index is 8.00. The van der Waals surface area contributed by atoms with E-state index in [9.17, 15) is 0 Å². The number of rotatable bonds is 1. The number of hydrogen-bond acceptors (Lipinski definition) is 4. The van der Waals surface area contributed by atoms with Gasteiger partial charge < -0.3 is 19.6 Å². The lowest BCUT2D eigenvalue weighted by molar-refractivity contribution is -0.0979. The number of fused-ring (bicyclic) bond motifs is 1. The van der Waals surface area contributed by atoms with Gasteiger partial charge >= 0.3 is 0 Å². The number of ether oxygens (including phenoxy) is 2. The molecular weight excluding hydrogens is 170 g/mol. The van der Waals surface area contributed by atoms with Crippen LogP contribution in [0.1, 0.15) is 0 Å². The number of hydrogen-bond donors (Lipinski definition) is 1. The molecule has 0 atom stereocenters. The molecule has 0 fully saturated rings. The fraction of sp³-hybridized carbons (Fsp3) is 0.222. The maximum absolute atomic E-state index is 8.00. The van der Waals surface area contributed by atoms with Gasteiger partial charge in [-0.2, -0.15) is 0 Å². The first-order chi connectivity index (χ1) is 6.40. The quantitative estimate of drug-likeness (QED) is 0.708. The van der Waals surface area contributed by atoms with Crippen LogP contribution < -0.4 is 14.8 Å². The average molecular weight is 181 g/mol. The van der Waals surface area contributed by atoms with E-state index in [4.69, 9.17) is 14.3 Å². The van der Waals surface area contributed by atoms with Gasteiger partial charge in [0.25, 0.3) is 0 Å². The van der Waals surface area contributed by atoms with E-state index in [0.29, 0.717) is 6.79 Å². The predicted octanol–water partition coefficient (Wildman–Crippen LogP) is 1.27. The zero-order valence-electron chi connectivity index (χ0n) is 7.37. The Bertz CT molecular complexity index is 288. The zero-order valence-corrected chi connectivity index (χ0v) is 7.37. The molecule has 0 aliphatic carbocycles. The van der Waals surface area contributed by atoms with Crippen LogP contribution in [0.25, 0.3) is 0 Å². The smallest absolute Gasteiger partial charge is 0.231 e. The lowest BCUT2D eigenvalue weighted by atomic mass is 10.3. The Balaban J connectivity index is 0.000000396. The molecule has 0 unspecified atom stereocenters. The second-order valence-electron chi connectivity index (χ2n) is 2.32. The second-order valence-corrected chi connectivity index (χ2v) is 2.32. The van der Waals surface area contributed by atoms with Gasteiger partial charge in [-0.25, -0.2) is 0 Å². The molecule has 0 spiro atoms.